The first-order valence-electron chi connectivity index (χ1n) is 8.03. The van der Waals surface area contributed by atoms with Crippen LogP contribution in [0.4, 0.5) is 5.69 Å². The summed E-state index contributed by atoms with van der Waals surface area (Å²) in [7, 11) is 1.51. The molecule has 1 aromatic carbocycles. The molecule has 0 radical (unpaired) electrons. The minimum Gasteiger partial charge on any atom is -0.494 e. The molecule has 0 heterocycles. The van der Waals surface area contributed by atoms with Gasteiger partial charge in [-0.25, -0.2) is 0 Å². The monoisotopic (exact) mass is 368 g/mol. The van der Waals surface area contributed by atoms with Gasteiger partial charge < -0.3 is 24.8 Å². The number of esters is 1. The molecule has 8 heteroatoms. The van der Waals surface area contributed by atoms with Gasteiger partial charge in [-0.3, -0.25) is 9.59 Å². The molecular weight excluding hydrogens is 344 g/mol. The average Bonchev–Trinajstić information content (AvgIpc) is 2.58. The first kappa shape index (κ1) is 20.9. The molecule has 0 saturated carbocycles. The Morgan fingerprint density at radius 2 is 1.96 bits per heavy atom. The van der Waals surface area contributed by atoms with Crippen molar-refractivity contribution < 1.29 is 23.8 Å². The van der Waals surface area contributed by atoms with Crippen LogP contribution in [0, 0.1) is 0 Å². The number of anilines is 1. The normalized spacial score (nSPS) is 10.0. The lowest BCUT2D eigenvalue weighted by molar-refractivity contribution is -0.146. The number of hydrogen-bond acceptors (Lipinski definition) is 6. The highest BCUT2D eigenvalue weighted by Gasteiger charge is 2.10. The zero-order chi connectivity index (χ0) is 18.5. The van der Waals surface area contributed by atoms with Crippen LogP contribution in [-0.4, -0.2) is 43.9 Å². The van der Waals surface area contributed by atoms with Gasteiger partial charge in [-0.15, -0.1) is 0 Å². The van der Waals surface area contributed by atoms with Crippen molar-refractivity contribution in [2.75, 3.05) is 32.2 Å². The molecule has 1 rings (SSSR count). The molecule has 25 heavy (non-hydrogen) atoms. The van der Waals surface area contributed by atoms with Gasteiger partial charge in [0.15, 0.2) is 5.11 Å². The summed E-state index contributed by atoms with van der Waals surface area (Å²) < 4.78 is 15.2. The molecular formula is C17H24N2O5S. The Morgan fingerprint density at radius 3 is 2.68 bits per heavy atom. The number of methoxy groups -OCH3 is 1. The molecule has 0 fully saturated rings. The Morgan fingerprint density at radius 1 is 1.16 bits per heavy atom. The molecule has 1 aromatic rings. The van der Waals surface area contributed by atoms with Crippen LogP contribution >= 0.6 is 12.2 Å². The number of carbonyl (C=O) groups is 2. The minimum atomic E-state index is -0.452. The number of rotatable bonds is 10. The second-order valence-electron chi connectivity index (χ2n) is 5.09. The van der Waals surface area contributed by atoms with Crippen LogP contribution in [0.15, 0.2) is 24.3 Å². The quantitative estimate of drug-likeness (QED) is 0.372. The van der Waals surface area contributed by atoms with Crippen molar-refractivity contribution in [3.8, 4) is 5.75 Å². The fraction of sp³-hybridized carbons (Fsp3) is 0.471. The maximum atomic E-state index is 11.8. The molecule has 0 unspecified atom stereocenters. The number of hydrogen-bond donors (Lipinski definition) is 2. The van der Waals surface area contributed by atoms with Crippen LogP contribution in [0.2, 0.25) is 0 Å². The third kappa shape index (κ3) is 9.63. The first-order valence-corrected chi connectivity index (χ1v) is 8.44. The van der Waals surface area contributed by atoms with Crippen LogP contribution in [0.5, 0.6) is 5.75 Å². The Bertz CT molecular complexity index is 580. The summed E-state index contributed by atoms with van der Waals surface area (Å²) in [6.45, 7) is 3.16. The number of benzene rings is 1. The molecule has 138 valence electrons. The van der Waals surface area contributed by atoms with Crippen LogP contribution < -0.4 is 15.4 Å². The summed E-state index contributed by atoms with van der Waals surface area (Å²) in [4.78, 5) is 23.2. The van der Waals surface area contributed by atoms with Crippen molar-refractivity contribution in [3.63, 3.8) is 0 Å². The van der Waals surface area contributed by atoms with Crippen molar-refractivity contribution in [3.05, 3.63) is 24.3 Å². The number of carbonyl (C=O) groups excluding carboxylic acids is 2. The highest BCUT2D eigenvalue weighted by molar-refractivity contribution is 7.80. The SMILES string of the molecule is CCCOc1cccc(NC(=S)NC(=O)CCC(=O)OCCOC)c1. The highest BCUT2D eigenvalue weighted by atomic mass is 32.1. The zero-order valence-corrected chi connectivity index (χ0v) is 15.3. The van der Waals surface area contributed by atoms with E-state index in [1.165, 1.54) is 7.11 Å². The van der Waals surface area contributed by atoms with E-state index < -0.39 is 5.97 Å². The maximum Gasteiger partial charge on any atom is 0.306 e. The van der Waals surface area contributed by atoms with E-state index in [9.17, 15) is 9.59 Å². The van der Waals surface area contributed by atoms with E-state index in [1.54, 1.807) is 6.07 Å². The van der Waals surface area contributed by atoms with Crippen LogP contribution in [0.1, 0.15) is 26.2 Å². The smallest absolute Gasteiger partial charge is 0.306 e. The molecule has 0 spiro atoms. The Kier molecular flexibility index (Phi) is 10.2. The molecule has 0 aliphatic rings. The number of nitrogens with one attached hydrogen (secondary N) is 2. The Hall–Kier alpha value is -2.19. The lowest BCUT2D eigenvalue weighted by Crippen LogP contribution is -2.34. The van der Waals surface area contributed by atoms with E-state index >= 15 is 0 Å². The molecule has 0 aromatic heterocycles. The molecule has 2 N–H and O–H groups in total. The highest BCUT2D eigenvalue weighted by Crippen LogP contribution is 2.17. The molecule has 0 bridgehead atoms. The number of ether oxygens (including phenoxy) is 3. The standard InChI is InChI=1S/C17H24N2O5S/c1-3-9-23-14-6-4-5-13(12-14)18-17(25)19-15(20)7-8-16(21)24-11-10-22-2/h4-6,12H,3,7-11H2,1-2H3,(H2,18,19,20,25). The Labute approximate surface area is 153 Å². The van der Waals surface area contributed by atoms with Crippen LogP contribution in [-0.2, 0) is 19.1 Å². The van der Waals surface area contributed by atoms with Gasteiger partial charge >= 0.3 is 5.97 Å². The fourth-order valence-electron chi connectivity index (χ4n) is 1.76. The van der Waals surface area contributed by atoms with Gasteiger partial charge in [0, 0.05) is 25.3 Å². The van der Waals surface area contributed by atoms with E-state index in [1.807, 2.05) is 25.1 Å². The second kappa shape index (κ2) is 12.2. The van der Waals surface area contributed by atoms with E-state index in [2.05, 4.69) is 10.6 Å². The van der Waals surface area contributed by atoms with E-state index in [0.29, 0.717) is 18.9 Å². The lowest BCUT2D eigenvalue weighted by Gasteiger charge is -2.11. The van der Waals surface area contributed by atoms with Gasteiger partial charge in [-0.2, -0.15) is 0 Å². The van der Waals surface area contributed by atoms with Crippen molar-refractivity contribution in [1.29, 1.82) is 0 Å². The summed E-state index contributed by atoms with van der Waals surface area (Å²) in [5, 5.41) is 5.59. The third-order valence-corrected chi connectivity index (χ3v) is 3.13. The van der Waals surface area contributed by atoms with Crippen molar-refractivity contribution in [2.45, 2.75) is 26.2 Å². The van der Waals surface area contributed by atoms with E-state index in [-0.39, 0.29) is 30.5 Å². The second-order valence-corrected chi connectivity index (χ2v) is 5.50. The van der Waals surface area contributed by atoms with Gasteiger partial charge in [0.1, 0.15) is 12.4 Å². The zero-order valence-electron chi connectivity index (χ0n) is 14.5. The van der Waals surface area contributed by atoms with Crippen molar-refractivity contribution in [1.82, 2.24) is 5.32 Å². The average molecular weight is 368 g/mol. The largest absolute Gasteiger partial charge is 0.494 e. The van der Waals surface area contributed by atoms with Crippen LogP contribution in [0.25, 0.3) is 0 Å². The third-order valence-electron chi connectivity index (χ3n) is 2.92. The van der Waals surface area contributed by atoms with Crippen molar-refractivity contribution in [2.24, 2.45) is 0 Å². The van der Waals surface area contributed by atoms with Gasteiger partial charge in [-0.05, 0) is 30.8 Å². The van der Waals surface area contributed by atoms with Gasteiger partial charge in [0.25, 0.3) is 0 Å². The predicted octanol–water partition coefficient (Wildman–Crippen LogP) is 2.26. The van der Waals surface area contributed by atoms with Crippen molar-refractivity contribution >= 4 is 34.9 Å². The Balaban J connectivity index is 2.33. The first-order chi connectivity index (χ1) is 12.0. The molecule has 7 nitrogen and oxygen atoms in total. The summed E-state index contributed by atoms with van der Waals surface area (Å²) in [6, 6.07) is 7.27. The van der Waals surface area contributed by atoms with Gasteiger partial charge in [0.05, 0.1) is 19.6 Å². The fourth-order valence-corrected chi connectivity index (χ4v) is 1.99. The lowest BCUT2D eigenvalue weighted by atomic mass is 10.3. The van der Waals surface area contributed by atoms with Gasteiger partial charge in [0.2, 0.25) is 5.91 Å². The minimum absolute atomic E-state index is 0.00666. The molecule has 0 saturated heterocycles. The summed E-state index contributed by atoms with van der Waals surface area (Å²) in [5.74, 6) is -0.0915. The van der Waals surface area contributed by atoms with E-state index in [0.717, 1.165) is 12.2 Å². The predicted molar refractivity (Wildman–Crippen MR) is 98.7 cm³/mol. The number of thiocarbonyl (C=S) groups is 1. The molecule has 0 atom stereocenters. The summed E-state index contributed by atoms with van der Waals surface area (Å²) >= 11 is 5.09. The van der Waals surface area contributed by atoms with Gasteiger partial charge in [-0.1, -0.05) is 13.0 Å². The van der Waals surface area contributed by atoms with Crippen LogP contribution in [0.3, 0.4) is 0 Å². The number of amides is 1. The summed E-state index contributed by atoms with van der Waals surface area (Å²) in [6.07, 6.45) is 0.895. The molecule has 1 amide bonds. The molecule has 0 aliphatic heterocycles. The topological polar surface area (TPSA) is 85.9 Å². The molecule has 0 aliphatic carbocycles. The maximum absolute atomic E-state index is 11.8. The summed E-state index contributed by atoms with van der Waals surface area (Å²) in [5.41, 5.74) is 0.706. The van der Waals surface area contributed by atoms with E-state index in [4.69, 9.17) is 26.4 Å².